The van der Waals surface area contributed by atoms with Gasteiger partial charge in [0.15, 0.2) is 6.61 Å². The summed E-state index contributed by atoms with van der Waals surface area (Å²) in [5.74, 6) is 4.37. The first-order chi connectivity index (χ1) is 17.2. The van der Waals surface area contributed by atoms with E-state index >= 15 is 0 Å². The standard InChI is InChI=1S/C31H40N2O3/c1-5-31(35)18-15-27-25-12-11-23-19-24(13-16-29(23,3)26(25)14-17-30(27,31)4)33-36-20-28(34)32-21(2)22-9-7-6-8-10-22/h1,6-10,19,21,25-27,35H,11-18,20H2,2-4H3,(H,32,34)/t21-,25+,26+,27-,29+,30+,31-/m0/s1. The molecule has 3 saturated carbocycles. The summed E-state index contributed by atoms with van der Waals surface area (Å²) in [7, 11) is 0. The molecule has 1 aromatic rings. The van der Waals surface area contributed by atoms with E-state index in [0.717, 1.165) is 62.6 Å². The molecule has 0 aliphatic heterocycles. The van der Waals surface area contributed by atoms with Gasteiger partial charge in [-0.1, -0.05) is 60.8 Å². The molecule has 1 amide bonds. The Kier molecular flexibility index (Phi) is 6.53. The van der Waals surface area contributed by atoms with E-state index in [0.29, 0.717) is 17.8 Å². The number of aliphatic hydroxyl groups is 1. The highest BCUT2D eigenvalue weighted by Gasteiger charge is 2.63. The zero-order valence-electron chi connectivity index (χ0n) is 21.9. The number of hydrogen-bond acceptors (Lipinski definition) is 4. The van der Waals surface area contributed by atoms with Crippen LogP contribution < -0.4 is 5.32 Å². The third kappa shape index (κ3) is 4.08. The molecule has 3 fully saturated rings. The topological polar surface area (TPSA) is 70.9 Å². The van der Waals surface area contributed by atoms with Crippen molar-refractivity contribution in [2.45, 2.75) is 83.8 Å². The number of amides is 1. The Labute approximate surface area is 215 Å². The normalized spacial score (nSPS) is 39.1. The number of benzene rings is 1. The minimum atomic E-state index is -0.950. The van der Waals surface area contributed by atoms with E-state index in [1.807, 2.05) is 37.3 Å². The number of carbonyl (C=O) groups excluding carboxylic acids is 1. The van der Waals surface area contributed by atoms with E-state index in [-0.39, 0.29) is 29.4 Å². The second-order valence-corrected chi connectivity index (χ2v) is 12.1. The molecular formula is C31H40N2O3. The molecule has 5 nitrogen and oxygen atoms in total. The Hall–Kier alpha value is -2.58. The molecule has 5 rings (SSSR count). The fourth-order valence-corrected chi connectivity index (χ4v) is 8.18. The number of oxime groups is 1. The fraction of sp³-hybridized carbons (Fsp3) is 0.613. The van der Waals surface area contributed by atoms with Crippen LogP contribution in [0.2, 0.25) is 0 Å². The first-order valence-corrected chi connectivity index (χ1v) is 13.6. The lowest BCUT2D eigenvalue weighted by atomic mass is 9.46. The second-order valence-electron chi connectivity index (χ2n) is 12.1. The number of allylic oxidation sites excluding steroid dienone is 2. The van der Waals surface area contributed by atoms with Gasteiger partial charge >= 0.3 is 0 Å². The van der Waals surface area contributed by atoms with Crippen LogP contribution in [0.3, 0.4) is 0 Å². The highest BCUT2D eigenvalue weighted by atomic mass is 16.6. The summed E-state index contributed by atoms with van der Waals surface area (Å²) in [6.07, 6.45) is 16.1. The summed E-state index contributed by atoms with van der Waals surface area (Å²) in [6.45, 7) is 6.57. The van der Waals surface area contributed by atoms with E-state index in [9.17, 15) is 9.90 Å². The molecule has 0 spiro atoms. The van der Waals surface area contributed by atoms with Gasteiger partial charge in [-0.25, -0.2) is 0 Å². The van der Waals surface area contributed by atoms with Crippen molar-refractivity contribution >= 4 is 11.6 Å². The predicted octanol–water partition coefficient (Wildman–Crippen LogP) is 5.56. The van der Waals surface area contributed by atoms with Gasteiger partial charge in [0.2, 0.25) is 0 Å². The number of rotatable bonds is 5. The number of nitrogens with one attached hydrogen (secondary N) is 1. The molecule has 0 bridgehead atoms. The molecule has 0 radical (unpaired) electrons. The zero-order valence-corrected chi connectivity index (χ0v) is 21.9. The van der Waals surface area contributed by atoms with Crippen LogP contribution in [0.5, 0.6) is 0 Å². The van der Waals surface area contributed by atoms with Crippen LogP contribution in [0.1, 0.15) is 83.7 Å². The van der Waals surface area contributed by atoms with Gasteiger partial charge in [-0.05, 0) is 93.1 Å². The van der Waals surface area contributed by atoms with Crippen molar-refractivity contribution in [1.29, 1.82) is 0 Å². The lowest BCUT2D eigenvalue weighted by molar-refractivity contribution is -0.126. The van der Waals surface area contributed by atoms with E-state index in [4.69, 9.17) is 11.3 Å². The summed E-state index contributed by atoms with van der Waals surface area (Å²) in [4.78, 5) is 17.8. The quantitative estimate of drug-likeness (QED) is 0.421. The van der Waals surface area contributed by atoms with Crippen LogP contribution >= 0.6 is 0 Å². The summed E-state index contributed by atoms with van der Waals surface area (Å²) < 4.78 is 0. The average molecular weight is 489 g/mol. The van der Waals surface area contributed by atoms with E-state index < -0.39 is 5.60 Å². The highest BCUT2D eigenvalue weighted by Crippen LogP contribution is 2.67. The van der Waals surface area contributed by atoms with Gasteiger partial charge in [0, 0.05) is 5.41 Å². The van der Waals surface area contributed by atoms with Crippen molar-refractivity contribution in [2.24, 2.45) is 33.7 Å². The molecule has 36 heavy (non-hydrogen) atoms. The number of carbonyl (C=O) groups is 1. The molecule has 4 aliphatic rings. The van der Waals surface area contributed by atoms with Gasteiger partial charge in [-0.15, -0.1) is 6.42 Å². The number of terminal acetylenes is 1. The van der Waals surface area contributed by atoms with Crippen molar-refractivity contribution in [1.82, 2.24) is 5.32 Å². The first-order valence-electron chi connectivity index (χ1n) is 13.6. The number of nitrogens with zero attached hydrogens (tertiary/aromatic N) is 1. The fourth-order valence-electron chi connectivity index (χ4n) is 8.18. The Bertz CT molecular complexity index is 1100. The minimum Gasteiger partial charge on any atom is -0.385 e. The molecule has 2 N–H and O–H groups in total. The molecule has 0 aromatic heterocycles. The molecule has 4 aliphatic carbocycles. The molecule has 1 aromatic carbocycles. The molecular weight excluding hydrogens is 448 g/mol. The number of hydrogen-bond donors (Lipinski definition) is 2. The van der Waals surface area contributed by atoms with Gasteiger partial charge in [-0.2, -0.15) is 0 Å². The third-order valence-corrected chi connectivity index (χ3v) is 10.4. The van der Waals surface area contributed by atoms with Crippen LogP contribution in [0, 0.1) is 40.9 Å². The Balaban J connectivity index is 1.21. The minimum absolute atomic E-state index is 0.0727. The summed E-state index contributed by atoms with van der Waals surface area (Å²) in [5, 5.41) is 18.5. The maximum atomic E-state index is 12.3. The molecule has 192 valence electrons. The molecule has 0 heterocycles. The van der Waals surface area contributed by atoms with Crippen molar-refractivity contribution in [2.75, 3.05) is 6.61 Å². The van der Waals surface area contributed by atoms with Crippen molar-refractivity contribution in [3.63, 3.8) is 0 Å². The Morgan fingerprint density at radius 3 is 2.67 bits per heavy atom. The van der Waals surface area contributed by atoms with Crippen LogP contribution in [0.15, 0.2) is 47.1 Å². The van der Waals surface area contributed by atoms with E-state index in [2.05, 4.69) is 36.3 Å². The van der Waals surface area contributed by atoms with Gasteiger partial charge < -0.3 is 15.3 Å². The predicted molar refractivity (Wildman–Crippen MR) is 142 cm³/mol. The number of fused-ring (bicyclic) bond motifs is 5. The summed E-state index contributed by atoms with van der Waals surface area (Å²) in [5.41, 5.74) is 2.54. The molecule has 5 heteroatoms. The van der Waals surface area contributed by atoms with Gasteiger partial charge in [0.25, 0.3) is 5.91 Å². The average Bonchev–Trinajstić information content (AvgIpc) is 3.15. The monoisotopic (exact) mass is 488 g/mol. The molecule has 0 unspecified atom stereocenters. The Morgan fingerprint density at radius 2 is 1.92 bits per heavy atom. The SMILES string of the molecule is C#C[C@]1(O)CC[C@H]2[C@@H]3CCC4=CC(=NOCC(=O)N[C@@H](C)c5ccccc5)CC[C@@]4(C)[C@@H]3CC[C@]21C. The highest BCUT2D eigenvalue weighted by molar-refractivity contribution is 5.96. The third-order valence-electron chi connectivity index (χ3n) is 10.4. The smallest absolute Gasteiger partial charge is 0.261 e. The summed E-state index contributed by atoms with van der Waals surface area (Å²) in [6, 6.07) is 9.83. The van der Waals surface area contributed by atoms with Crippen LogP contribution in [-0.2, 0) is 9.63 Å². The van der Waals surface area contributed by atoms with E-state index in [1.165, 1.54) is 5.57 Å². The maximum Gasteiger partial charge on any atom is 0.261 e. The maximum absolute atomic E-state index is 12.3. The van der Waals surface area contributed by atoms with Gasteiger partial charge in [0.05, 0.1) is 11.8 Å². The van der Waals surface area contributed by atoms with Crippen LogP contribution in [0.25, 0.3) is 0 Å². The lowest BCUT2D eigenvalue weighted by Crippen LogP contribution is -2.54. The molecule has 0 saturated heterocycles. The lowest BCUT2D eigenvalue weighted by Gasteiger charge is -2.58. The van der Waals surface area contributed by atoms with Crippen molar-refractivity contribution < 1.29 is 14.7 Å². The first kappa shape index (κ1) is 25.1. The Morgan fingerprint density at radius 1 is 1.17 bits per heavy atom. The zero-order chi connectivity index (χ0) is 25.6. The van der Waals surface area contributed by atoms with Crippen molar-refractivity contribution in [3.05, 3.63) is 47.5 Å². The van der Waals surface area contributed by atoms with Gasteiger partial charge in [0.1, 0.15) is 5.60 Å². The van der Waals surface area contributed by atoms with Crippen LogP contribution in [-0.4, -0.2) is 28.9 Å². The molecule has 7 atom stereocenters. The van der Waals surface area contributed by atoms with Crippen molar-refractivity contribution in [3.8, 4) is 12.3 Å². The van der Waals surface area contributed by atoms with Crippen LogP contribution in [0.4, 0.5) is 0 Å². The van der Waals surface area contributed by atoms with Gasteiger partial charge in [-0.3, -0.25) is 4.79 Å². The second kappa shape index (κ2) is 9.38. The van der Waals surface area contributed by atoms with E-state index in [1.54, 1.807) is 0 Å². The largest absolute Gasteiger partial charge is 0.385 e. The summed E-state index contributed by atoms with van der Waals surface area (Å²) >= 11 is 0.